The first-order valence-electron chi connectivity index (χ1n) is 48.4. The molecule has 7 aliphatic heterocycles. The second-order valence-corrected chi connectivity index (χ2v) is 39.9. The summed E-state index contributed by atoms with van der Waals surface area (Å²) in [6.07, 6.45) is 41.9. The van der Waals surface area contributed by atoms with Crippen LogP contribution in [-0.4, -0.2) is 205 Å². The summed E-state index contributed by atoms with van der Waals surface area (Å²) in [6, 6.07) is 0. The van der Waals surface area contributed by atoms with Crippen LogP contribution in [0.1, 0.15) is 400 Å². The van der Waals surface area contributed by atoms with Gasteiger partial charge in [-0.2, -0.15) is 0 Å². The van der Waals surface area contributed by atoms with Gasteiger partial charge in [-0.3, -0.25) is 24.0 Å². The first-order valence-corrected chi connectivity index (χ1v) is 48.4. The molecule has 122 heavy (non-hydrogen) atoms. The number of carbonyl (C=O) groups is 12. The molecule has 0 aromatic rings. The fourth-order valence-corrected chi connectivity index (χ4v) is 20.6. The standard InChI is InChI=1S/C18H27NO3.C16H27NO3.C15H27NO2.C13H21NO3.C12H21NO3.C11H19NO3.C11H21NO2/c1-17(2,22-16(21)19-5-3-4-15(19)20)18-9-12-6-13(10-18)8-14(7-12)11-18;1-3-16(4-2,13-9-6-5-7-10-13)20-15(19)17-12-8-11-14(17)18;1-15(2,13-9-5-3-6-10-13)18-14(17)16-11-7-4-8-12-16;1-2-13(8-4-3-5-9-13)17-12(16)14-10-6-7-11(14)15;1-4-12(5-2,6-3)16-11(15)13-9-7-8-10(13)14;1-8(2)11(3,4)15-10(14)12-7-5-6-9(12)13;1-4-11(2,3)14-10(13)12-8-6-5-7-9-12/h12-14H,3-11H2,1-2H3;13H,3-12H2,1-2H3;13H,3-12H2,1-2H3;2-10H2,1H3;4-9H2,1-3H3;8H,5-7H2,1-4H3;4-9H2,1-3H3. The van der Waals surface area contributed by atoms with Gasteiger partial charge >= 0.3 is 42.7 Å². The number of imide groups is 5. The molecule has 0 aromatic carbocycles. The zero-order chi connectivity index (χ0) is 89.9. The van der Waals surface area contributed by atoms with E-state index in [9.17, 15) is 57.5 Å². The quantitative estimate of drug-likeness (QED) is 0.115. The van der Waals surface area contributed by atoms with Crippen LogP contribution in [0.15, 0.2) is 0 Å². The molecule has 0 N–H and O–H groups in total. The zero-order valence-electron chi connectivity index (χ0n) is 78.8. The van der Waals surface area contributed by atoms with E-state index in [1.807, 2.05) is 79.0 Å². The summed E-state index contributed by atoms with van der Waals surface area (Å²) < 4.78 is 39.5. The van der Waals surface area contributed by atoms with Crippen molar-refractivity contribution < 1.29 is 90.7 Å². The van der Waals surface area contributed by atoms with E-state index in [1.54, 1.807) is 0 Å². The van der Waals surface area contributed by atoms with E-state index in [0.717, 1.165) is 185 Å². The van der Waals surface area contributed by atoms with Crippen molar-refractivity contribution in [3.8, 4) is 0 Å². The van der Waals surface area contributed by atoms with Gasteiger partial charge in [0.1, 0.15) is 39.2 Å². The monoisotopic (exact) mass is 1720 g/mol. The van der Waals surface area contributed by atoms with E-state index >= 15 is 0 Å². The number of rotatable bonds is 18. The predicted octanol–water partition coefficient (Wildman–Crippen LogP) is 22.1. The Bertz CT molecular complexity index is 3360. The van der Waals surface area contributed by atoms with Gasteiger partial charge in [-0.05, 0) is 296 Å². The van der Waals surface area contributed by atoms with Gasteiger partial charge < -0.3 is 43.0 Å². The number of ether oxygens (including phenoxy) is 7. The smallest absolute Gasteiger partial charge is 0.417 e. The average molecular weight is 1720 g/mol. The SMILES string of the molecule is CC(C)(OC(=O)N1CCCC1=O)C12CC3CC(CC(C3)C1)C2.CC(C)(OC(=O)N1CCCCC1)C1CCCCC1.CC(C)C(C)(C)OC(=O)N1CCCC1=O.CCC(C)(C)OC(=O)N1CCCCC1.CCC(CC)(CC)OC(=O)N1CCCC1=O.CCC(CC)(OC(=O)N1CCCC1=O)C1CCCCC1.CCC1(OC(=O)N2CCCC2=O)CCCCC1. The lowest BCUT2D eigenvalue weighted by molar-refractivity contribution is -0.167. The third-order valence-corrected chi connectivity index (χ3v) is 30.0. The third-order valence-electron chi connectivity index (χ3n) is 30.0. The molecule has 696 valence electrons. The molecule has 14 fully saturated rings. The van der Waals surface area contributed by atoms with Gasteiger partial charge in [0.05, 0.1) is 0 Å². The minimum absolute atomic E-state index is 0.0775. The molecule has 14 aliphatic rings. The van der Waals surface area contributed by atoms with Crippen LogP contribution in [0.4, 0.5) is 33.6 Å². The lowest BCUT2D eigenvalue weighted by Gasteiger charge is -2.61. The fourth-order valence-electron chi connectivity index (χ4n) is 20.6. The van der Waals surface area contributed by atoms with Gasteiger partial charge in [0.2, 0.25) is 29.5 Å². The van der Waals surface area contributed by atoms with Crippen molar-refractivity contribution in [1.82, 2.24) is 34.3 Å². The largest absolute Gasteiger partial charge is 0.443 e. The molecule has 0 radical (unpaired) electrons. The zero-order valence-corrected chi connectivity index (χ0v) is 78.8. The number of piperidine rings is 2. The molecule has 26 nitrogen and oxygen atoms in total. The summed E-state index contributed by atoms with van der Waals surface area (Å²) in [6.45, 7) is 40.3. The van der Waals surface area contributed by atoms with Crippen molar-refractivity contribution in [3.63, 3.8) is 0 Å². The predicted molar refractivity (Wildman–Crippen MR) is 469 cm³/mol. The molecular weight excluding hydrogens is 1560 g/mol. The summed E-state index contributed by atoms with van der Waals surface area (Å²) in [5.41, 5.74) is -2.56. The maximum absolute atomic E-state index is 12.4. The van der Waals surface area contributed by atoms with Crippen molar-refractivity contribution in [3.05, 3.63) is 0 Å². The topological polar surface area (TPSA) is 292 Å². The van der Waals surface area contributed by atoms with Gasteiger partial charge in [0.15, 0.2) is 0 Å². The van der Waals surface area contributed by atoms with Crippen LogP contribution < -0.4 is 0 Å². The second kappa shape index (κ2) is 47.2. The highest BCUT2D eigenvalue weighted by atomic mass is 16.6. The van der Waals surface area contributed by atoms with Crippen molar-refractivity contribution >= 4 is 72.2 Å². The fraction of sp³-hybridized carbons (Fsp3) is 0.875. The van der Waals surface area contributed by atoms with Crippen LogP contribution in [0.25, 0.3) is 0 Å². The Morgan fingerprint density at radius 2 is 0.689 bits per heavy atom. The molecule has 0 aromatic heterocycles. The van der Waals surface area contributed by atoms with Crippen molar-refractivity contribution in [2.45, 2.75) is 439 Å². The van der Waals surface area contributed by atoms with Gasteiger partial charge in [-0.1, -0.05) is 107 Å². The van der Waals surface area contributed by atoms with Gasteiger partial charge in [0, 0.05) is 96.4 Å². The third kappa shape index (κ3) is 28.6. The van der Waals surface area contributed by atoms with Gasteiger partial charge in [0.25, 0.3) is 0 Å². The number of amides is 12. The van der Waals surface area contributed by atoms with Crippen molar-refractivity contribution in [2.75, 3.05) is 58.9 Å². The van der Waals surface area contributed by atoms with E-state index in [2.05, 4.69) is 48.5 Å². The number of hydrogen-bond acceptors (Lipinski definition) is 19. The van der Waals surface area contributed by atoms with E-state index in [4.69, 9.17) is 33.2 Å². The number of likely N-dealkylation sites (tertiary alicyclic amines) is 7. The highest BCUT2D eigenvalue weighted by Crippen LogP contribution is 2.64. The molecule has 0 atom stereocenters. The first-order chi connectivity index (χ1) is 57.7. The minimum Gasteiger partial charge on any atom is -0.443 e. The molecule has 4 bridgehead atoms. The van der Waals surface area contributed by atoms with E-state index in [-0.39, 0.29) is 75.5 Å². The number of hydrogen-bond donors (Lipinski definition) is 0. The Hall–Kier alpha value is -6.76. The van der Waals surface area contributed by atoms with Gasteiger partial charge in [-0.25, -0.2) is 58.1 Å². The summed E-state index contributed by atoms with van der Waals surface area (Å²) in [5, 5.41) is 0. The summed E-state index contributed by atoms with van der Waals surface area (Å²) in [4.78, 5) is 152. The van der Waals surface area contributed by atoms with E-state index < -0.39 is 47.3 Å². The van der Waals surface area contributed by atoms with Crippen LogP contribution >= 0.6 is 0 Å². The normalized spacial score (nSPS) is 23.9. The summed E-state index contributed by atoms with van der Waals surface area (Å²) in [7, 11) is 0. The molecule has 0 spiro atoms. The molecule has 7 heterocycles. The molecule has 14 rings (SSSR count). The van der Waals surface area contributed by atoms with E-state index in [0.29, 0.717) is 76.7 Å². The number of carbonyl (C=O) groups excluding carboxylic acids is 12. The molecule has 26 heteroatoms. The van der Waals surface area contributed by atoms with Gasteiger partial charge in [-0.15, -0.1) is 0 Å². The highest BCUT2D eigenvalue weighted by molar-refractivity contribution is 5.96. The Morgan fingerprint density at radius 3 is 1.03 bits per heavy atom. The molecule has 7 saturated heterocycles. The summed E-state index contributed by atoms with van der Waals surface area (Å²) >= 11 is 0. The van der Waals surface area contributed by atoms with Crippen LogP contribution in [0.2, 0.25) is 0 Å². The molecular formula is C96H163N7O19. The van der Waals surface area contributed by atoms with Crippen molar-refractivity contribution in [1.29, 1.82) is 0 Å². The summed E-state index contributed by atoms with van der Waals surface area (Å²) in [5.74, 6) is 3.23. The van der Waals surface area contributed by atoms with E-state index in [1.165, 1.54) is 134 Å². The van der Waals surface area contributed by atoms with Crippen molar-refractivity contribution in [2.24, 2.45) is 40.9 Å². The minimum atomic E-state index is -0.528. The Morgan fingerprint density at radius 1 is 0.352 bits per heavy atom. The lowest BCUT2D eigenvalue weighted by Crippen LogP contribution is -2.58. The first kappa shape index (κ1) is 102. The Balaban J connectivity index is 0.000000197. The van der Waals surface area contributed by atoms with Crippen LogP contribution in [0.5, 0.6) is 0 Å². The average Bonchev–Trinajstić information content (AvgIpc) is 0.842. The van der Waals surface area contributed by atoms with Crippen LogP contribution in [-0.2, 0) is 57.1 Å². The molecule has 0 unspecified atom stereocenters. The van der Waals surface area contributed by atoms with Crippen LogP contribution in [0.3, 0.4) is 0 Å². The molecule has 7 aliphatic carbocycles. The second-order valence-electron chi connectivity index (χ2n) is 39.9. The lowest BCUT2D eigenvalue weighted by atomic mass is 9.46. The highest BCUT2D eigenvalue weighted by Gasteiger charge is 2.59. The number of nitrogens with zero attached hydrogens (tertiary/aromatic N) is 7. The Labute approximate surface area is 732 Å². The molecule has 12 amide bonds. The maximum atomic E-state index is 12.4. The maximum Gasteiger partial charge on any atom is 0.417 e. The molecule has 7 saturated carbocycles. The van der Waals surface area contributed by atoms with Crippen LogP contribution in [0, 0.1) is 40.9 Å². The Kier molecular flexibility index (Phi) is 39.6.